The van der Waals surface area contributed by atoms with E-state index < -0.39 is 40.3 Å². The maximum absolute atomic E-state index is 13.3. The quantitative estimate of drug-likeness (QED) is 0.0550. The third kappa shape index (κ3) is 12.3. The number of hydrogen-bond donors (Lipinski definition) is 2. The second kappa shape index (κ2) is 18.1. The Morgan fingerprint density at radius 1 is 0.745 bits per heavy atom. The van der Waals surface area contributed by atoms with Gasteiger partial charge in [-0.15, -0.1) is 5.73 Å². The number of carbonyl (C=O) groups is 4. The zero-order chi connectivity index (χ0) is 41.4. The van der Waals surface area contributed by atoms with E-state index in [1.165, 1.54) is 6.92 Å². The van der Waals surface area contributed by atoms with Gasteiger partial charge in [0, 0.05) is 37.2 Å². The van der Waals surface area contributed by atoms with Gasteiger partial charge < -0.3 is 24.4 Å². The van der Waals surface area contributed by atoms with Crippen LogP contribution >= 0.6 is 0 Å². The highest BCUT2D eigenvalue weighted by atomic mass is 16.6. The number of fused-ring (bicyclic) bond motifs is 1. The molecule has 2 N–H and O–H groups in total. The summed E-state index contributed by atoms with van der Waals surface area (Å²) >= 11 is 0. The van der Waals surface area contributed by atoms with Crippen molar-refractivity contribution >= 4 is 23.7 Å². The molecule has 0 bridgehead atoms. The average molecular weight is 759 g/mol. The monoisotopic (exact) mass is 758 g/mol. The Morgan fingerprint density at radius 2 is 1.31 bits per heavy atom. The molecule has 4 unspecified atom stereocenters. The number of Topliss-reactive ketones (excluding diaryl/α,β-unsaturated/α-hetero) is 1. The van der Waals surface area contributed by atoms with Crippen LogP contribution in [0, 0.1) is 10.8 Å². The number of carbonyl (C=O) groups excluding carboxylic acids is 3. The van der Waals surface area contributed by atoms with Crippen LogP contribution in [0.3, 0.4) is 0 Å². The van der Waals surface area contributed by atoms with Gasteiger partial charge in [-0.2, -0.15) is 0 Å². The Morgan fingerprint density at radius 3 is 1.85 bits per heavy atom. The maximum Gasteiger partial charge on any atom is 0.306 e. The lowest BCUT2D eigenvalue weighted by atomic mass is 9.61. The molecule has 5 atom stereocenters. The number of rotatable bonds is 15. The summed E-state index contributed by atoms with van der Waals surface area (Å²) in [6.07, 6.45) is 22.5. The summed E-state index contributed by atoms with van der Waals surface area (Å²) in [7, 11) is 0. The fourth-order valence-electron chi connectivity index (χ4n) is 8.26. The van der Waals surface area contributed by atoms with Gasteiger partial charge in [0.25, 0.3) is 0 Å². The molecule has 1 heterocycles. The van der Waals surface area contributed by atoms with Crippen LogP contribution in [0.4, 0.5) is 0 Å². The summed E-state index contributed by atoms with van der Waals surface area (Å²) in [6.45, 7) is 21.0. The van der Waals surface area contributed by atoms with E-state index in [0.717, 1.165) is 22.3 Å². The molecule has 0 spiro atoms. The second-order valence-electron chi connectivity index (χ2n) is 17.2. The Labute approximate surface area is 328 Å². The first-order valence-corrected chi connectivity index (χ1v) is 19.2. The molecule has 3 rings (SSSR count). The Bertz CT molecular complexity index is 1760. The van der Waals surface area contributed by atoms with Crippen LogP contribution in [0.15, 0.2) is 100 Å². The number of esters is 2. The molecule has 1 aliphatic heterocycles. The van der Waals surface area contributed by atoms with Crippen LogP contribution in [0.2, 0.25) is 0 Å². The van der Waals surface area contributed by atoms with Crippen molar-refractivity contribution in [1.29, 1.82) is 0 Å². The van der Waals surface area contributed by atoms with E-state index >= 15 is 0 Å². The van der Waals surface area contributed by atoms with Crippen LogP contribution < -0.4 is 0 Å². The van der Waals surface area contributed by atoms with Crippen molar-refractivity contribution < 1.29 is 43.6 Å². The zero-order valence-electron chi connectivity index (χ0n) is 34.7. The third-order valence-electron chi connectivity index (χ3n) is 11.0. The normalized spacial score (nSPS) is 29.6. The van der Waals surface area contributed by atoms with Crippen molar-refractivity contribution in [1.82, 2.24) is 0 Å². The predicted molar refractivity (Wildman–Crippen MR) is 215 cm³/mol. The molecule has 55 heavy (non-hydrogen) atoms. The molecular formula is C46H62O9. The highest BCUT2D eigenvalue weighted by Gasteiger charge is 2.76. The Balaban J connectivity index is 1.53. The molecule has 300 valence electrons. The largest absolute Gasteiger partial charge is 0.481 e. The molecule has 9 nitrogen and oxygen atoms in total. The number of carboxylic acids is 1. The van der Waals surface area contributed by atoms with Crippen LogP contribution in [0.25, 0.3) is 0 Å². The molecule has 3 aliphatic rings. The van der Waals surface area contributed by atoms with Gasteiger partial charge in [0.15, 0.2) is 5.78 Å². The van der Waals surface area contributed by atoms with Crippen molar-refractivity contribution in [3.63, 3.8) is 0 Å². The second-order valence-corrected chi connectivity index (χ2v) is 17.2. The fourth-order valence-corrected chi connectivity index (χ4v) is 8.26. The average Bonchev–Trinajstić information content (AvgIpc) is 3.65. The van der Waals surface area contributed by atoms with Gasteiger partial charge in [0.2, 0.25) is 0 Å². The molecule has 0 aromatic carbocycles. The van der Waals surface area contributed by atoms with Crippen molar-refractivity contribution in [2.45, 2.75) is 150 Å². The van der Waals surface area contributed by atoms with Gasteiger partial charge in [-0.25, -0.2) is 0 Å². The molecule has 9 heteroatoms. The summed E-state index contributed by atoms with van der Waals surface area (Å²) in [5, 5.41) is 20.0. The lowest BCUT2D eigenvalue weighted by molar-refractivity contribution is -0.155. The summed E-state index contributed by atoms with van der Waals surface area (Å²) < 4.78 is 17.3. The van der Waals surface area contributed by atoms with E-state index in [2.05, 4.69) is 5.73 Å². The van der Waals surface area contributed by atoms with Crippen molar-refractivity contribution in [3.8, 4) is 0 Å². The van der Waals surface area contributed by atoms with E-state index in [-0.39, 0.29) is 42.5 Å². The molecular weight excluding hydrogens is 696 g/mol. The molecule has 0 aromatic rings. The minimum absolute atomic E-state index is 0.00337. The molecule has 0 aromatic heterocycles. The van der Waals surface area contributed by atoms with Gasteiger partial charge in [-0.05, 0) is 77.0 Å². The van der Waals surface area contributed by atoms with Crippen LogP contribution in [0.5, 0.6) is 0 Å². The molecule has 2 saturated carbocycles. The van der Waals surface area contributed by atoms with Gasteiger partial charge in [0.1, 0.15) is 17.8 Å². The zero-order valence-corrected chi connectivity index (χ0v) is 34.7. The standard InChI is InChI=1S/C46H62O9/c1-31(18-14-19-33(3)22-23-39-42(6,7)26-36(53-35(5)47)28-44(39,10)52)16-12-13-17-32(2)20-15-21-34(4)38(48)30-46-43(8,9)27-37(29-45(46,11)55-46)54-41(51)25-24-40(49)50/h12-22,36-37,52H,24-30H2,1-11H3,(H,49,50)/t23?,36?,37?,44-,45?,46?/m0/s1. The van der Waals surface area contributed by atoms with Gasteiger partial charge in [-0.1, -0.05) is 99.6 Å². The summed E-state index contributed by atoms with van der Waals surface area (Å²) in [5.41, 5.74) is 4.66. The minimum atomic E-state index is -1.12. The highest BCUT2D eigenvalue weighted by molar-refractivity contribution is 5.96. The Hall–Kier alpha value is -4.30. The molecule has 0 radical (unpaired) electrons. The van der Waals surface area contributed by atoms with Gasteiger partial charge >= 0.3 is 17.9 Å². The van der Waals surface area contributed by atoms with Crippen LogP contribution in [0.1, 0.15) is 121 Å². The molecule has 0 amide bonds. The highest BCUT2D eigenvalue weighted by Crippen LogP contribution is 2.67. The van der Waals surface area contributed by atoms with Crippen LogP contribution in [-0.4, -0.2) is 62.9 Å². The number of carboxylic acid groups (broad SMARTS) is 1. The molecule has 3 fully saturated rings. The Kier molecular flexibility index (Phi) is 14.8. The third-order valence-corrected chi connectivity index (χ3v) is 11.0. The number of ether oxygens (including phenoxy) is 3. The number of epoxide rings is 1. The fraction of sp³-hybridized carbons (Fsp3) is 0.543. The number of ketones is 1. The predicted octanol–water partition coefficient (Wildman–Crippen LogP) is 9.11. The van der Waals surface area contributed by atoms with E-state index in [4.69, 9.17) is 19.3 Å². The van der Waals surface area contributed by atoms with Crippen molar-refractivity contribution in [3.05, 3.63) is 100 Å². The maximum atomic E-state index is 13.3. The first kappa shape index (κ1) is 45.1. The first-order chi connectivity index (χ1) is 25.4. The summed E-state index contributed by atoms with van der Waals surface area (Å²) in [5.74, 6) is -1.90. The minimum Gasteiger partial charge on any atom is -0.481 e. The molecule has 2 aliphatic carbocycles. The van der Waals surface area contributed by atoms with Gasteiger partial charge in [0.05, 0.1) is 24.0 Å². The van der Waals surface area contributed by atoms with Gasteiger partial charge in [-0.3, -0.25) is 19.2 Å². The SMILES string of the molecule is CC(=O)OC1CC(C)(C)C(=C=CC(C)=CC=CC(C)=CC=CC=C(C)C=CC=C(C)C(=O)CC23OC2(C)CC(OC(=O)CCC(=O)O)CC3(C)C)[C@@](C)(O)C1. The number of hydrogen-bond acceptors (Lipinski definition) is 8. The first-order valence-electron chi connectivity index (χ1n) is 19.2. The van der Waals surface area contributed by atoms with Crippen molar-refractivity contribution in [2.75, 3.05) is 0 Å². The van der Waals surface area contributed by atoms with Crippen LogP contribution in [-0.2, 0) is 33.4 Å². The lowest BCUT2D eigenvalue weighted by Gasteiger charge is -2.44. The molecule has 1 saturated heterocycles. The number of allylic oxidation sites excluding steroid dienone is 14. The number of aliphatic hydroxyl groups is 1. The topological polar surface area (TPSA) is 140 Å². The van der Waals surface area contributed by atoms with E-state index in [0.29, 0.717) is 31.3 Å². The lowest BCUT2D eigenvalue weighted by Crippen LogP contribution is -2.49. The number of aliphatic carboxylic acids is 1. The van der Waals surface area contributed by atoms with Crippen molar-refractivity contribution in [2.24, 2.45) is 10.8 Å². The summed E-state index contributed by atoms with van der Waals surface area (Å²) in [6, 6.07) is 0. The van der Waals surface area contributed by atoms with E-state index in [1.807, 2.05) is 122 Å². The van der Waals surface area contributed by atoms with E-state index in [9.17, 15) is 24.3 Å². The summed E-state index contributed by atoms with van der Waals surface area (Å²) in [4.78, 5) is 47.8. The smallest absolute Gasteiger partial charge is 0.306 e. The van der Waals surface area contributed by atoms with E-state index in [1.54, 1.807) is 13.8 Å².